The van der Waals surface area contributed by atoms with Crippen LogP contribution in [0.2, 0.25) is 0 Å². The van der Waals surface area contributed by atoms with Gasteiger partial charge in [0.2, 0.25) is 0 Å². The first kappa shape index (κ1) is 13.8. The Morgan fingerprint density at radius 2 is 2.11 bits per heavy atom. The van der Waals surface area contributed by atoms with Crippen LogP contribution in [0.3, 0.4) is 0 Å². The SMILES string of the molecule is Cc1nc(-c2cccnc2)sc1N(C)CC(F)(F)F. The Morgan fingerprint density at radius 3 is 2.68 bits per heavy atom. The van der Waals surface area contributed by atoms with E-state index in [1.54, 1.807) is 25.4 Å². The summed E-state index contributed by atoms with van der Waals surface area (Å²) >= 11 is 1.24. The molecule has 0 saturated carbocycles. The average Bonchev–Trinajstić information content (AvgIpc) is 2.70. The number of rotatable bonds is 3. The second-order valence-corrected chi connectivity index (χ2v) is 5.10. The van der Waals surface area contributed by atoms with Gasteiger partial charge in [0.25, 0.3) is 0 Å². The predicted octanol–water partition coefficient (Wildman–Crippen LogP) is 3.51. The number of pyridine rings is 1. The third-order valence-corrected chi connectivity index (χ3v) is 3.76. The highest BCUT2D eigenvalue weighted by Crippen LogP contribution is 2.34. The fraction of sp³-hybridized carbons (Fsp3) is 0.333. The van der Waals surface area contributed by atoms with Crippen molar-refractivity contribution in [2.75, 3.05) is 18.5 Å². The van der Waals surface area contributed by atoms with Crippen molar-refractivity contribution >= 4 is 16.3 Å². The van der Waals surface area contributed by atoms with Crippen molar-refractivity contribution in [1.82, 2.24) is 9.97 Å². The van der Waals surface area contributed by atoms with Gasteiger partial charge in [0.1, 0.15) is 16.6 Å². The maximum atomic E-state index is 12.4. The number of anilines is 1. The molecule has 2 aromatic rings. The largest absolute Gasteiger partial charge is 0.405 e. The van der Waals surface area contributed by atoms with Crippen LogP contribution in [0, 0.1) is 6.92 Å². The molecular weight excluding hydrogens is 275 g/mol. The Morgan fingerprint density at radius 1 is 1.37 bits per heavy atom. The molecule has 0 aliphatic heterocycles. The molecule has 0 fully saturated rings. The fourth-order valence-corrected chi connectivity index (χ4v) is 2.71. The summed E-state index contributed by atoms with van der Waals surface area (Å²) in [5.74, 6) is 0. The summed E-state index contributed by atoms with van der Waals surface area (Å²) in [6.07, 6.45) is -0.938. The molecule has 0 amide bonds. The smallest absolute Gasteiger partial charge is 0.356 e. The van der Waals surface area contributed by atoms with Crippen LogP contribution in [0.15, 0.2) is 24.5 Å². The van der Waals surface area contributed by atoms with E-state index in [2.05, 4.69) is 9.97 Å². The van der Waals surface area contributed by atoms with Crippen LogP contribution < -0.4 is 4.90 Å². The Labute approximate surface area is 112 Å². The predicted molar refractivity (Wildman–Crippen MR) is 69.4 cm³/mol. The van der Waals surface area contributed by atoms with Crippen molar-refractivity contribution in [2.24, 2.45) is 0 Å². The zero-order chi connectivity index (χ0) is 14.0. The molecular formula is C12H12F3N3S. The molecule has 0 unspecified atom stereocenters. The lowest BCUT2D eigenvalue weighted by atomic mass is 10.3. The van der Waals surface area contributed by atoms with Crippen LogP contribution in [0.25, 0.3) is 10.6 Å². The quantitative estimate of drug-likeness (QED) is 0.865. The number of aromatic nitrogens is 2. The third kappa shape index (κ3) is 3.44. The van der Waals surface area contributed by atoms with Crippen molar-refractivity contribution in [3.8, 4) is 10.6 Å². The number of hydrogen-bond acceptors (Lipinski definition) is 4. The standard InChI is InChI=1S/C12H12F3N3S/c1-8-11(18(2)7-12(13,14)15)19-10(17-8)9-4-3-5-16-6-9/h3-6H,7H2,1-2H3. The van der Waals surface area contributed by atoms with Gasteiger partial charge in [-0.2, -0.15) is 13.2 Å². The fourth-order valence-electron chi connectivity index (χ4n) is 1.70. The topological polar surface area (TPSA) is 29.0 Å². The molecule has 0 bridgehead atoms. The molecule has 2 rings (SSSR count). The van der Waals surface area contributed by atoms with Gasteiger partial charge in [0.05, 0.1) is 5.69 Å². The molecule has 0 radical (unpaired) electrons. The number of hydrogen-bond donors (Lipinski definition) is 0. The molecule has 0 atom stereocenters. The molecule has 0 aliphatic rings. The second kappa shape index (κ2) is 5.16. The van der Waals surface area contributed by atoms with E-state index in [1.165, 1.54) is 23.3 Å². The van der Waals surface area contributed by atoms with Gasteiger partial charge < -0.3 is 4.90 Å². The summed E-state index contributed by atoms with van der Waals surface area (Å²) in [7, 11) is 1.42. The van der Waals surface area contributed by atoms with E-state index in [0.717, 1.165) is 5.56 Å². The number of halogens is 3. The van der Waals surface area contributed by atoms with E-state index in [1.807, 2.05) is 6.07 Å². The van der Waals surface area contributed by atoms with E-state index >= 15 is 0 Å². The highest BCUT2D eigenvalue weighted by Gasteiger charge is 2.30. The van der Waals surface area contributed by atoms with Crippen molar-refractivity contribution < 1.29 is 13.2 Å². The summed E-state index contributed by atoms with van der Waals surface area (Å²) in [6.45, 7) is 0.723. The summed E-state index contributed by atoms with van der Waals surface area (Å²) in [4.78, 5) is 9.45. The molecule has 7 heteroatoms. The van der Waals surface area contributed by atoms with Crippen molar-refractivity contribution in [1.29, 1.82) is 0 Å². The highest BCUT2D eigenvalue weighted by atomic mass is 32.1. The molecule has 0 spiro atoms. The molecule has 0 aromatic carbocycles. The third-order valence-electron chi connectivity index (χ3n) is 2.44. The summed E-state index contributed by atoms with van der Waals surface area (Å²) in [5, 5.41) is 1.20. The summed E-state index contributed by atoms with van der Waals surface area (Å²) in [6, 6.07) is 3.60. The van der Waals surface area contributed by atoms with Crippen molar-refractivity contribution in [3.05, 3.63) is 30.2 Å². The van der Waals surface area contributed by atoms with Crippen LogP contribution in [-0.2, 0) is 0 Å². The van der Waals surface area contributed by atoms with Gasteiger partial charge in [-0.25, -0.2) is 4.98 Å². The molecule has 102 valence electrons. The van der Waals surface area contributed by atoms with Gasteiger partial charge in [-0.05, 0) is 19.1 Å². The van der Waals surface area contributed by atoms with E-state index in [9.17, 15) is 13.2 Å². The van der Waals surface area contributed by atoms with E-state index < -0.39 is 12.7 Å². The lowest BCUT2D eigenvalue weighted by Crippen LogP contribution is -2.30. The molecule has 2 heterocycles. The van der Waals surface area contributed by atoms with Crippen molar-refractivity contribution in [2.45, 2.75) is 13.1 Å². The zero-order valence-corrected chi connectivity index (χ0v) is 11.2. The van der Waals surface area contributed by atoms with Gasteiger partial charge in [0, 0.05) is 25.0 Å². The maximum absolute atomic E-state index is 12.4. The van der Waals surface area contributed by atoms with Gasteiger partial charge in [-0.3, -0.25) is 4.98 Å². The lowest BCUT2D eigenvalue weighted by Gasteiger charge is -2.19. The first-order valence-corrected chi connectivity index (χ1v) is 6.34. The van der Waals surface area contributed by atoms with Crippen LogP contribution >= 0.6 is 11.3 Å². The van der Waals surface area contributed by atoms with Gasteiger partial charge >= 0.3 is 6.18 Å². The lowest BCUT2D eigenvalue weighted by molar-refractivity contribution is -0.119. The first-order valence-electron chi connectivity index (χ1n) is 5.52. The minimum absolute atomic E-state index is 0.524. The minimum atomic E-state index is -4.22. The van der Waals surface area contributed by atoms with Crippen molar-refractivity contribution in [3.63, 3.8) is 0 Å². The molecule has 0 aliphatic carbocycles. The molecule has 19 heavy (non-hydrogen) atoms. The molecule has 2 aromatic heterocycles. The Bertz CT molecular complexity index is 551. The Kier molecular flexibility index (Phi) is 3.75. The van der Waals surface area contributed by atoms with E-state index in [0.29, 0.717) is 15.7 Å². The highest BCUT2D eigenvalue weighted by molar-refractivity contribution is 7.19. The van der Waals surface area contributed by atoms with Gasteiger partial charge in [0.15, 0.2) is 0 Å². The zero-order valence-electron chi connectivity index (χ0n) is 10.4. The van der Waals surface area contributed by atoms with Crippen LogP contribution in [-0.4, -0.2) is 29.7 Å². The second-order valence-electron chi connectivity index (χ2n) is 4.12. The number of alkyl halides is 3. The monoisotopic (exact) mass is 287 g/mol. The number of aryl methyl sites for hydroxylation is 1. The van der Waals surface area contributed by atoms with Crippen LogP contribution in [0.1, 0.15) is 5.69 Å². The number of nitrogens with zero attached hydrogens (tertiary/aromatic N) is 3. The Balaban J connectivity index is 2.27. The van der Waals surface area contributed by atoms with Gasteiger partial charge in [-0.15, -0.1) is 0 Å². The van der Waals surface area contributed by atoms with Crippen LogP contribution in [0.5, 0.6) is 0 Å². The first-order chi connectivity index (χ1) is 8.87. The van der Waals surface area contributed by atoms with E-state index in [4.69, 9.17) is 0 Å². The average molecular weight is 287 g/mol. The summed E-state index contributed by atoms with van der Waals surface area (Å²) in [5.41, 5.74) is 1.40. The number of thiazole rings is 1. The molecule has 3 nitrogen and oxygen atoms in total. The minimum Gasteiger partial charge on any atom is -0.356 e. The van der Waals surface area contributed by atoms with Gasteiger partial charge in [-0.1, -0.05) is 11.3 Å². The summed E-state index contributed by atoms with van der Waals surface area (Å²) < 4.78 is 37.2. The maximum Gasteiger partial charge on any atom is 0.405 e. The molecule has 0 saturated heterocycles. The molecule has 0 N–H and O–H groups in total. The Hall–Kier alpha value is -1.63. The van der Waals surface area contributed by atoms with E-state index in [-0.39, 0.29) is 0 Å². The van der Waals surface area contributed by atoms with Crippen LogP contribution in [0.4, 0.5) is 18.2 Å². The normalized spacial score (nSPS) is 11.6.